The summed E-state index contributed by atoms with van der Waals surface area (Å²) >= 11 is 0. The van der Waals surface area contributed by atoms with Gasteiger partial charge >= 0.3 is 0 Å². The minimum atomic E-state index is -1.08. The Morgan fingerprint density at radius 2 is 1.88 bits per heavy atom. The molecular formula is C17H17FN4O3. The zero-order valence-electron chi connectivity index (χ0n) is 13.8. The molecule has 8 heteroatoms. The Kier molecular flexibility index (Phi) is 4.90. The van der Waals surface area contributed by atoms with Crippen molar-refractivity contribution in [2.75, 3.05) is 14.2 Å². The summed E-state index contributed by atoms with van der Waals surface area (Å²) in [5.74, 6) is 1.02. The lowest BCUT2D eigenvalue weighted by molar-refractivity contribution is 0.140. The van der Waals surface area contributed by atoms with Gasteiger partial charge in [-0.05, 0) is 29.5 Å². The predicted molar refractivity (Wildman–Crippen MR) is 87.7 cm³/mol. The summed E-state index contributed by atoms with van der Waals surface area (Å²) < 4.78 is 24.2. The number of benzene rings is 2. The molecule has 3 aromatic rings. The van der Waals surface area contributed by atoms with Crippen LogP contribution in [0.1, 0.15) is 11.7 Å². The highest BCUT2D eigenvalue weighted by atomic mass is 19.1. The first-order valence-corrected chi connectivity index (χ1v) is 7.55. The summed E-state index contributed by atoms with van der Waals surface area (Å²) in [5, 5.41) is 22.3. The Hall–Kier alpha value is -3.00. The lowest BCUT2D eigenvalue weighted by Gasteiger charge is -2.10. The predicted octanol–water partition coefficient (Wildman–Crippen LogP) is 2.23. The van der Waals surface area contributed by atoms with E-state index in [0.717, 1.165) is 0 Å². The van der Waals surface area contributed by atoms with Gasteiger partial charge in [-0.3, -0.25) is 0 Å². The third-order valence-corrected chi connectivity index (χ3v) is 3.70. The van der Waals surface area contributed by atoms with Crippen molar-refractivity contribution < 1.29 is 19.0 Å². The second-order valence-corrected chi connectivity index (χ2v) is 5.27. The third kappa shape index (κ3) is 3.58. The van der Waals surface area contributed by atoms with Gasteiger partial charge in [0.2, 0.25) is 5.82 Å². The van der Waals surface area contributed by atoms with Crippen LogP contribution >= 0.6 is 0 Å². The largest absolute Gasteiger partial charge is 0.493 e. The number of aromatic nitrogens is 4. The molecule has 25 heavy (non-hydrogen) atoms. The second-order valence-electron chi connectivity index (χ2n) is 5.27. The smallest absolute Gasteiger partial charge is 0.205 e. The molecule has 0 spiro atoms. The van der Waals surface area contributed by atoms with Crippen LogP contribution in [-0.2, 0) is 6.54 Å². The highest BCUT2D eigenvalue weighted by Gasteiger charge is 2.16. The van der Waals surface area contributed by atoms with Gasteiger partial charge in [0.05, 0.1) is 20.8 Å². The van der Waals surface area contributed by atoms with Gasteiger partial charge in [0.15, 0.2) is 11.5 Å². The first-order chi connectivity index (χ1) is 12.1. The maximum atomic E-state index is 13.7. The molecule has 1 atom stereocenters. The molecule has 0 radical (unpaired) electrons. The van der Waals surface area contributed by atoms with Crippen LogP contribution in [0, 0.1) is 5.82 Å². The Balaban J connectivity index is 1.80. The average molecular weight is 344 g/mol. The number of hydrogen-bond acceptors (Lipinski definition) is 6. The van der Waals surface area contributed by atoms with Crippen LogP contribution in [0.25, 0.3) is 11.4 Å². The van der Waals surface area contributed by atoms with Crippen LogP contribution in [0.2, 0.25) is 0 Å². The van der Waals surface area contributed by atoms with Gasteiger partial charge in [-0.15, -0.1) is 10.2 Å². The molecule has 0 bridgehead atoms. The Bertz CT molecular complexity index is 869. The number of aliphatic hydroxyl groups excluding tert-OH is 1. The standard InChI is InChI=1S/C17H17FN4O3/c1-24-15-8-7-11(9-16(15)25-2)17-19-21-22(20-17)10-14(23)12-5-3-4-6-13(12)18/h3-9,14,23H,10H2,1-2H3/t14-/m0/s1. The van der Waals surface area contributed by atoms with Crippen molar-refractivity contribution in [1.82, 2.24) is 20.2 Å². The number of ether oxygens (including phenoxy) is 2. The molecule has 0 aliphatic carbocycles. The third-order valence-electron chi connectivity index (χ3n) is 3.70. The Morgan fingerprint density at radius 1 is 1.12 bits per heavy atom. The van der Waals surface area contributed by atoms with Gasteiger partial charge in [-0.25, -0.2) is 4.39 Å². The molecule has 1 heterocycles. The number of hydrogen-bond donors (Lipinski definition) is 1. The molecule has 0 unspecified atom stereocenters. The molecule has 2 aromatic carbocycles. The van der Waals surface area contributed by atoms with Crippen molar-refractivity contribution in [2.45, 2.75) is 12.6 Å². The fourth-order valence-corrected chi connectivity index (χ4v) is 2.41. The summed E-state index contributed by atoms with van der Waals surface area (Å²) in [5.41, 5.74) is 0.872. The highest BCUT2D eigenvalue weighted by molar-refractivity contribution is 5.60. The van der Waals surface area contributed by atoms with Gasteiger partial charge in [-0.2, -0.15) is 4.80 Å². The van der Waals surface area contributed by atoms with E-state index < -0.39 is 11.9 Å². The molecule has 3 rings (SSSR count). The fraction of sp³-hybridized carbons (Fsp3) is 0.235. The van der Waals surface area contributed by atoms with Crippen molar-refractivity contribution >= 4 is 0 Å². The van der Waals surface area contributed by atoms with Crippen molar-refractivity contribution in [3.63, 3.8) is 0 Å². The van der Waals surface area contributed by atoms with E-state index in [-0.39, 0.29) is 12.1 Å². The van der Waals surface area contributed by atoms with E-state index in [4.69, 9.17) is 9.47 Å². The summed E-state index contributed by atoms with van der Waals surface area (Å²) in [6.45, 7) is -0.0127. The molecule has 0 aliphatic rings. The molecule has 0 fully saturated rings. The number of aliphatic hydroxyl groups is 1. The number of tetrazole rings is 1. The lowest BCUT2D eigenvalue weighted by atomic mass is 10.1. The zero-order valence-corrected chi connectivity index (χ0v) is 13.8. The van der Waals surface area contributed by atoms with E-state index >= 15 is 0 Å². The van der Waals surface area contributed by atoms with Gasteiger partial charge in [-0.1, -0.05) is 18.2 Å². The number of halogens is 1. The van der Waals surface area contributed by atoms with E-state index in [9.17, 15) is 9.50 Å². The summed E-state index contributed by atoms with van der Waals surface area (Å²) in [6, 6.07) is 11.3. The topological polar surface area (TPSA) is 82.3 Å². The van der Waals surface area contributed by atoms with Gasteiger partial charge < -0.3 is 14.6 Å². The van der Waals surface area contributed by atoms with Crippen molar-refractivity contribution in [2.24, 2.45) is 0 Å². The van der Waals surface area contributed by atoms with Crippen molar-refractivity contribution in [1.29, 1.82) is 0 Å². The quantitative estimate of drug-likeness (QED) is 0.738. The van der Waals surface area contributed by atoms with Gasteiger partial charge in [0.25, 0.3) is 0 Å². The van der Waals surface area contributed by atoms with E-state index in [1.807, 2.05) is 0 Å². The minimum absolute atomic E-state index is 0.0127. The fourth-order valence-electron chi connectivity index (χ4n) is 2.41. The van der Waals surface area contributed by atoms with Crippen LogP contribution in [0.15, 0.2) is 42.5 Å². The maximum absolute atomic E-state index is 13.7. The summed E-state index contributed by atoms with van der Waals surface area (Å²) in [4.78, 5) is 1.23. The molecular weight excluding hydrogens is 327 g/mol. The first-order valence-electron chi connectivity index (χ1n) is 7.55. The number of methoxy groups -OCH3 is 2. The molecule has 7 nitrogen and oxygen atoms in total. The van der Waals surface area contributed by atoms with E-state index in [1.54, 1.807) is 37.4 Å². The molecule has 0 saturated carbocycles. The molecule has 1 N–H and O–H groups in total. The molecule has 1 aromatic heterocycles. The monoisotopic (exact) mass is 344 g/mol. The highest BCUT2D eigenvalue weighted by Crippen LogP contribution is 2.30. The normalized spacial score (nSPS) is 12.0. The van der Waals surface area contributed by atoms with Crippen molar-refractivity contribution in [3.05, 3.63) is 53.8 Å². The number of rotatable bonds is 6. The van der Waals surface area contributed by atoms with E-state index in [2.05, 4.69) is 15.4 Å². The first kappa shape index (κ1) is 16.8. The van der Waals surface area contributed by atoms with Crippen LogP contribution in [0.5, 0.6) is 11.5 Å². The van der Waals surface area contributed by atoms with Crippen molar-refractivity contribution in [3.8, 4) is 22.9 Å². The molecule has 130 valence electrons. The summed E-state index contributed by atoms with van der Waals surface area (Å²) in [7, 11) is 3.09. The maximum Gasteiger partial charge on any atom is 0.205 e. The summed E-state index contributed by atoms with van der Waals surface area (Å²) in [6.07, 6.45) is -1.08. The van der Waals surface area contributed by atoms with Crippen LogP contribution in [0.4, 0.5) is 4.39 Å². The van der Waals surface area contributed by atoms with Crippen LogP contribution in [0.3, 0.4) is 0 Å². The number of nitrogens with zero attached hydrogens (tertiary/aromatic N) is 4. The van der Waals surface area contributed by atoms with E-state index in [1.165, 1.54) is 24.0 Å². The Morgan fingerprint density at radius 3 is 2.60 bits per heavy atom. The lowest BCUT2D eigenvalue weighted by Crippen LogP contribution is -2.12. The van der Waals surface area contributed by atoms with Crippen LogP contribution < -0.4 is 9.47 Å². The zero-order chi connectivity index (χ0) is 17.8. The van der Waals surface area contributed by atoms with Crippen LogP contribution in [-0.4, -0.2) is 39.5 Å². The van der Waals surface area contributed by atoms with Gasteiger partial charge in [0, 0.05) is 11.1 Å². The SMILES string of the molecule is COc1ccc(-c2nnn(C[C@H](O)c3ccccc3F)n2)cc1OC. The van der Waals surface area contributed by atoms with E-state index in [0.29, 0.717) is 22.9 Å². The molecule has 0 aliphatic heterocycles. The van der Waals surface area contributed by atoms with Gasteiger partial charge in [0.1, 0.15) is 11.9 Å². The second kappa shape index (κ2) is 7.27. The molecule has 0 saturated heterocycles. The molecule has 0 amide bonds. The minimum Gasteiger partial charge on any atom is -0.493 e. The average Bonchev–Trinajstić information content (AvgIpc) is 3.09. The Labute approximate surface area is 143 Å².